The predicted octanol–water partition coefficient (Wildman–Crippen LogP) is 4.17. The van der Waals surface area contributed by atoms with E-state index in [1.807, 2.05) is 11.9 Å². The summed E-state index contributed by atoms with van der Waals surface area (Å²) in [5.74, 6) is 0.0632. The highest BCUT2D eigenvalue weighted by atomic mass is 16.1. The molecule has 3 heteroatoms. The van der Waals surface area contributed by atoms with E-state index in [-0.39, 0.29) is 11.2 Å². The fourth-order valence-electron chi connectivity index (χ4n) is 2.54. The first kappa shape index (κ1) is 17.9. The van der Waals surface area contributed by atoms with Crippen LogP contribution in [0.5, 0.6) is 0 Å². The second-order valence-corrected chi connectivity index (χ2v) is 7.23. The number of likely N-dealkylation sites (N-methyl/N-ethyl adjacent to an activating group) is 1. The van der Waals surface area contributed by atoms with Gasteiger partial charge in [0.25, 0.3) is 0 Å². The molecule has 0 fully saturated rings. The molecule has 0 saturated carbocycles. The first-order valence-electron chi connectivity index (χ1n) is 8.11. The monoisotopic (exact) mass is 320 g/mol. The molecule has 0 spiro atoms. The van der Waals surface area contributed by atoms with Crippen molar-refractivity contribution in [3.63, 3.8) is 0 Å². The molecular weight excluding hydrogens is 296 g/mol. The smallest absolute Gasteiger partial charge is 0.176 e. The van der Waals surface area contributed by atoms with Gasteiger partial charge in [0.2, 0.25) is 0 Å². The van der Waals surface area contributed by atoms with Gasteiger partial charge < -0.3 is 0 Å². The quantitative estimate of drug-likeness (QED) is 0.777. The molecule has 2 aromatic carbocycles. The number of ketones is 1. The van der Waals surface area contributed by atoms with Crippen molar-refractivity contribution in [2.24, 2.45) is 0 Å². The van der Waals surface area contributed by atoms with Crippen molar-refractivity contribution in [3.05, 3.63) is 70.8 Å². The fraction of sp³-hybridized carbons (Fsp3) is 0.333. The van der Waals surface area contributed by atoms with Crippen molar-refractivity contribution in [3.8, 4) is 6.07 Å². The summed E-state index contributed by atoms with van der Waals surface area (Å²) in [6.45, 7) is 7.68. The molecular formula is C21H24N2O. The Morgan fingerprint density at radius 2 is 1.62 bits per heavy atom. The van der Waals surface area contributed by atoms with Gasteiger partial charge in [-0.15, -0.1) is 0 Å². The largest absolute Gasteiger partial charge is 0.295 e. The number of carbonyl (C=O) groups excluding carboxylic acids is 1. The lowest BCUT2D eigenvalue weighted by Crippen LogP contribution is -2.25. The van der Waals surface area contributed by atoms with E-state index in [0.29, 0.717) is 17.7 Å². The average Bonchev–Trinajstić information content (AvgIpc) is 2.54. The Morgan fingerprint density at radius 3 is 2.12 bits per heavy atom. The van der Waals surface area contributed by atoms with Crippen LogP contribution in [0.4, 0.5) is 0 Å². The number of carbonyl (C=O) groups is 1. The van der Waals surface area contributed by atoms with Crippen LogP contribution in [-0.2, 0) is 12.0 Å². The summed E-state index contributed by atoms with van der Waals surface area (Å²) in [7, 11) is 1.94. The van der Waals surface area contributed by atoms with Gasteiger partial charge in [-0.25, -0.2) is 0 Å². The molecule has 0 aliphatic carbocycles. The molecule has 0 unspecified atom stereocenters. The van der Waals surface area contributed by atoms with Crippen molar-refractivity contribution < 1.29 is 4.79 Å². The molecule has 0 aliphatic rings. The molecule has 0 aromatic heterocycles. The third kappa shape index (κ3) is 4.78. The Hall–Kier alpha value is -2.44. The van der Waals surface area contributed by atoms with E-state index in [9.17, 15) is 4.79 Å². The van der Waals surface area contributed by atoms with E-state index < -0.39 is 0 Å². The summed E-state index contributed by atoms with van der Waals surface area (Å²) >= 11 is 0. The van der Waals surface area contributed by atoms with Gasteiger partial charge in [-0.3, -0.25) is 9.69 Å². The summed E-state index contributed by atoms with van der Waals surface area (Å²) in [5.41, 5.74) is 3.86. The normalized spacial score (nSPS) is 11.3. The number of hydrogen-bond donors (Lipinski definition) is 0. The molecule has 0 bridgehead atoms. The average molecular weight is 320 g/mol. The van der Waals surface area contributed by atoms with Gasteiger partial charge in [-0.05, 0) is 35.7 Å². The number of benzene rings is 2. The molecule has 24 heavy (non-hydrogen) atoms. The van der Waals surface area contributed by atoms with Crippen molar-refractivity contribution in [2.75, 3.05) is 13.6 Å². The molecule has 3 nitrogen and oxygen atoms in total. The van der Waals surface area contributed by atoms with Gasteiger partial charge in [-0.2, -0.15) is 5.26 Å². The maximum atomic E-state index is 12.3. The highest BCUT2D eigenvalue weighted by Gasteiger charge is 2.14. The lowest BCUT2D eigenvalue weighted by atomic mass is 9.87. The van der Waals surface area contributed by atoms with Gasteiger partial charge in [0, 0.05) is 12.1 Å². The summed E-state index contributed by atoms with van der Waals surface area (Å²) in [6, 6.07) is 17.4. The molecule has 0 saturated heterocycles. The molecule has 0 heterocycles. The zero-order chi connectivity index (χ0) is 17.7. The van der Waals surface area contributed by atoms with Crippen molar-refractivity contribution >= 4 is 5.78 Å². The zero-order valence-electron chi connectivity index (χ0n) is 14.8. The Labute approximate surface area is 144 Å². The number of nitriles is 1. The van der Waals surface area contributed by atoms with E-state index in [4.69, 9.17) is 5.26 Å². The second-order valence-electron chi connectivity index (χ2n) is 7.23. The van der Waals surface area contributed by atoms with Crippen LogP contribution in [-0.4, -0.2) is 24.3 Å². The van der Waals surface area contributed by atoms with Crippen molar-refractivity contribution in [1.29, 1.82) is 5.26 Å². The van der Waals surface area contributed by atoms with Crippen molar-refractivity contribution in [1.82, 2.24) is 4.90 Å². The third-order valence-electron chi connectivity index (χ3n) is 4.02. The highest BCUT2D eigenvalue weighted by Crippen LogP contribution is 2.22. The molecule has 0 aliphatic heterocycles. The van der Waals surface area contributed by atoms with Crippen molar-refractivity contribution in [2.45, 2.75) is 32.7 Å². The second kappa shape index (κ2) is 7.42. The van der Waals surface area contributed by atoms with E-state index in [2.05, 4.69) is 51.1 Å². The van der Waals surface area contributed by atoms with Gasteiger partial charge >= 0.3 is 0 Å². The van der Waals surface area contributed by atoms with Gasteiger partial charge in [0.1, 0.15) is 0 Å². The number of rotatable bonds is 5. The molecule has 0 N–H and O–H groups in total. The van der Waals surface area contributed by atoms with E-state index in [0.717, 1.165) is 6.54 Å². The van der Waals surface area contributed by atoms with E-state index in [1.165, 1.54) is 11.1 Å². The maximum absolute atomic E-state index is 12.3. The lowest BCUT2D eigenvalue weighted by Gasteiger charge is -2.20. The number of hydrogen-bond acceptors (Lipinski definition) is 3. The van der Waals surface area contributed by atoms with Gasteiger partial charge in [0.15, 0.2) is 5.78 Å². The highest BCUT2D eigenvalue weighted by molar-refractivity contribution is 5.97. The topological polar surface area (TPSA) is 44.1 Å². The molecule has 0 radical (unpaired) electrons. The molecule has 2 rings (SSSR count). The maximum Gasteiger partial charge on any atom is 0.176 e. The summed E-state index contributed by atoms with van der Waals surface area (Å²) in [6.07, 6.45) is 0. The Kier molecular flexibility index (Phi) is 5.54. The minimum absolute atomic E-state index is 0.0632. The Morgan fingerprint density at radius 1 is 1.04 bits per heavy atom. The van der Waals surface area contributed by atoms with E-state index >= 15 is 0 Å². The summed E-state index contributed by atoms with van der Waals surface area (Å²) in [5, 5.41) is 8.80. The van der Waals surface area contributed by atoms with Crippen LogP contribution in [0.25, 0.3) is 0 Å². The summed E-state index contributed by atoms with van der Waals surface area (Å²) < 4.78 is 0. The van der Waals surface area contributed by atoms with Crippen LogP contribution in [0.1, 0.15) is 47.8 Å². The third-order valence-corrected chi connectivity index (χ3v) is 4.02. The number of Topliss-reactive ketones (excluding diaryl/α,β-unsaturated/α-hetero) is 1. The number of nitrogens with zero attached hydrogens (tertiary/aromatic N) is 2. The van der Waals surface area contributed by atoms with Crippen LogP contribution < -0.4 is 0 Å². The molecule has 0 atom stereocenters. The molecule has 2 aromatic rings. The lowest BCUT2D eigenvalue weighted by molar-refractivity contribution is 0.0943. The van der Waals surface area contributed by atoms with Gasteiger partial charge in [-0.1, -0.05) is 57.2 Å². The minimum Gasteiger partial charge on any atom is -0.295 e. The zero-order valence-corrected chi connectivity index (χ0v) is 14.8. The minimum atomic E-state index is 0.0632. The fourth-order valence-corrected chi connectivity index (χ4v) is 2.54. The SMILES string of the molecule is CN(CC(=O)c1ccc(C#N)cc1)Cc1ccc(C(C)(C)C)cc1. The standard InChI is InChI=1S/C21H24N2O/c1-21(2,3)19-11-7-17(8-12-19)14-23(4)15-20(24)18-9-5-16(13-22)6-10-18/h5-12H,14-15H2,1-4H3. The molecule has 124 valence electrons. The van der Waals surface area contributed by atoms with Crippen LogP contribution in [0.3, 0.4) is 0 Å². The first-order valence-corrected chi connectivity index (χ1v) is 8.11. The Balaban J connectivity index is 1.96. The van der Waals surface area contributed by atoms with E-state index in [1.54, 1.807) is 24.3 Å². The van der Waals surface area contributed by atoms with Crippen LogP contribution >= 0.6 is 0 Å². The van der Waals surface area contributed by atoms with Crippen LogP contribution in [0.2, 0.25) is 0 Å². The first-order chi connectivity index (χ1) is 11.3. The van der Waals surface area contributed by atoms with Gasteiger partial charge in [0.05, 0.1) is 18.2 Å². The summed E-state index contributed by atoms with van der Waals surface area (Å²) in [4.78, 5) is 14.3. The van der Waals surface area contributed by atoms with Crippen LogP contribution in [0.15, 0.2) is 48.5 Å². The van der Waals surface area contributed by atoms with Crippen LogP contribution in [0, 0.1) is 11.3 Å². The Bertz CT molecular complexity index is 731. The predicted molar refractivity (Wildman–Crippen MR) is 97.0 cm³/mol. The molecule has 0 amide bonds.